The zero-order valence-electron chi connectivity index (χ0n) is 15.9. The smallest absolute Gasteiger partial charge is 0.255 e. The Bertz CT molecular complexity index is 1170. The third-order valence-corrected chi connectivity index (χ3v) is 4.35. The van der Waals surface area contributed by atoms with Crippen molar-refractivity contribution in [2.75, 3.05) is 5.32 Å². The maximum atomic E-state index is 12.5. The first kappa shape index (κ1) is 18.9. The number of amides is 2. The van der Waals surface area contributed by atoms with Crippen molar-refractivity contribution in [3.05, 3.63) is 102 Å². The Morgan fingerprint density at radius 1 is 0.833 bits per heavy atom. The van der Waals surface area contributed by atoms with Crippen molar-refractivity contribution in [2.45, 2.75) is 0 Å². The SMILES string of the molecule is NC(=O)c1ccc(Oc2ccc(C(=O)Nc3cnn(-c4ccccc4)c3)cc2)cc1. The number of benzene rings is 3. The second kappa shape index (κ2) is 8.32. The van der Waals surface area contributed by atoms with Gasteiger partial charge in [0.15, 0.2) is 0 Å². The molecule has 0 aliphatic carbocycles. The zero-order chi connectivity index (χ0) is 20.9. The number of primary amides is 1. The number of carbonyl (C=O) groups is 2. The van der Waals surface area contributed by atoms with Gasteiger partial charge in [-0.15, -0.1) is 0 Å². The van der Waals surface area contributed by atoms with Gasteiger partial charge in [-0.1, -0.05) is 18.2 Å². The number of para-hydroxylation sites is 1. The monoisotopic (exact) mass is 398 g/mol. The Kier molecular flexibility index (Phi) is 5.25. The van der Waals surface area contributed by atoms with Gasteiger partial charge in [-0.2, -0.15) is 5.10 Å². The van der Waals surface area contributed by atoms with E-state index < -0.39 is 5.91 Å². The molecule has 0 aliphatic heterocycles. The molecule has 0 radical (unpaired) electrons. The first-order chi connectivity index (χ1) is 14.6. The van der Waals surface area contributed by atoms with Gasteiger partial charge in [0, 0.05) is 11.1 Å². The number of hydrogen-bond acceptors (Lipinski definition) is 4. The van der Waals surface area contributed by atoms with Crippen LogP contribution in [0.25, 0.3) is 5.69 Å². The summed E-state index contributed by atoms with van der Waals surface area (Å²) in [5.41, 5.74) is 7.62. The molecule has 4 rings (SSSR count). The van der Waals surface area contributed by atoms with E-state index >= 15 is 0 Å². The van der Waals surface area contributed by atoms with Gasteiger partial charge in [0.25, 0.3) is 5.91 Å². The molecule has 0 saturated carbocycles. The van der Waals surface area contributed by atoms with Gasteiger partial charge >= 0.3 is 0 Å². The number of ether oxygens (including phenoxy) is 1. The van der Waals surface area contributed by atoms with Crippen molar-refractivity contribution in [1.29, 1.82) is 0 Å². The molecular formula is C23H18N4O3. The van der Waals surface area contributed by atoms with E-state index in [1.807, 2.05) is 30.3 Å². The fourth-order valence-corrected chi connectivity index (χ4v) is 2.81. The lowest BCUT2D eigenvalue weighted by atomic mass is 10.2. The molecule has 7 heteroatoms. The standard InChI is InChI=1S/C23H18N4O3/c24-22(28)16-6-10-20(11-7-16)30-21-12-8-17(9-13-21)23(29)26-18-14-25-27(15-18)19-4-2-1-3-5-19/h1-15H,(H2,24,28)(H,26,29). The summed E-state index contributed by atoms with van der Waals surface area (Å²) in [6, 6.07) is 22.9. The quantitative estimate of drug-likeness (QED) is 0.512. The molecule has 4 aromatic rings. The van der Waals surface area contributed by atoms with Crippen LogP contribution in [-0.4, -0.2) is 21.6 Å². The van der Waals surface area contributed by atoms with Gasteiger partial charge in [0.2, 0.25) is 5.91 Å². The van der Waals surface area contributed by atoms with Gasteiger partial charge in [-0.3, -0.25) is 9.59 Å². The lowest BCUT2D eigenvalue weighted by Gasteiger charge is -2.07. The zero-order valence-corrected chi connectivity index (χ0v) is 15.9. The molecule has 1 aromatic heterocycles. The van der Waals surface area contributed by atoms with E-state index in [9.17, 15) is 9.59 Å². The minimum atomic E-state index is -0.494. The van der Waals surface area contributed by atoms with Crippen LogP contribution in [0.4, 0.5) is 5.69 Å². The Morgan fingerprint density at radius 3 is 2.03 bits per heavy atom. The third-order valence-electron chi connectivity index (χ3n) is 4.35. The van der Waals surface area contributed by atoms with Crippen molar-refractivity contribution in [2.24, 2.45) is 5.73 Å². The molecule has 3 N–H and O–H groups in total. The van der Waals surface area contributed by atoms with Crippen molar-refractivity contribution >= 4 is 17.5 Å². The summed E-state index contributed by atoms with van der Waals surface area (Å²) in [6.07, 6.45) is 3.35. The fourth-order valence-electron chi connectivity index (χ4n) is 2.81. The summed E-state index contributed by atoms with van der Waals surface area (Å²) in [6.45, 7) is 0. The number of nitrogens with zero attached hydrogens (tertiary/aromatic N) is 2. The molecule has 0 unspecified atom stereocenters. The molecular weight excluding hydrogens is 380 g/mol. The van der Waals surface area contributed by atoms with Gasteiger partial charge in [0.05, 0.1) is 23.8 Å². The predicted octanol–water partition coefficient (Wildman–Crippen LogP) is 4.02. The maximum absolute atomic E-state index is 12.5. The van der Waals surface area contributed by atoms with Gasteiger partial charge in [0.1, 0.15) is 11.5 Å². The fraction of sp³-hybridized carbons (Fsp3) is 0. The Morgan fingerprint density at radius 2 is 1.43 bits per heavy atom. The normalized spacial score (nSPS) is 10.4. The Balaban J connectivity index is 1.39. The van der Waals surface area contributed by atoms with E-state index in [1.54, 1.807) is 65.6 Å². The highest BCUT2D eigenvalue weighted by atomic mass is 16.5. The average molecular weight is 398 g/mol. The highest BCUT2D eigenvalue weighted by Crippen LogP contribution is 2.22. The van der Waals surface area contributed by atoms with E-state index in [0.29, 0.717) is 28.3 Å². The highest BCUT2D eigenvalue weighted by molar-refractivity contribution is 6.04. The molecule has 3 aromatic carbocycles. The molecule has 0 atom stereocenters. The number of aromatic nitrogens is 2. The number of carbonyl (C=O) groups excluding carboxylic acids is 2. The van der Waals surface area contributed by atoms with Crippen LogP contribution in [0.2, 0.25) is 0 Å². The van der Waals surface area contributed by atoms with Crippen molar-refractivity contribution in [1.82, 2.24) is 9.78 Å². The van der Waals surface area contributed by atoms with Crippen LogP contribution >= 0.6 is 0 Å². The van der Waals surface area contributed by atoms with Crippen LogP contribution in [0.15, 0.2) is 91.3 Å². The summed E-state index contributed by atoms with van der Waals surface area (Å²) < 4.78 is 7.41. The van der Waals surface area contributed by atoms with Crippen LogP contribution in [0.1, 0.15) is 20.7 Å². The lowest BCUT2D eigenvalue weighted by molar-refractivity contribution is 0.0997. The molecule has 2 amide bonds. The molecule has 30 heavy (non-hydrogen) atoms. The van der Waals surface area contributed by atoms with Gasteiger partial charge in [-0.25, -0.2) is 4.68 Å². The van der Waals surface area contributed by atoms with Crippen molar-refractivity contribution < 1.29 is 14.3 Å². The largest absolute Gasteiger partial charge is 0.457 e. The van der Waals surface area contributed by atoms with Crippen LogP contribution in [0, 0.1) is 0 Å². The maximum Gasteiger partial charge on any atom is 0.255 e. The lowest BCUT2D eigenvalue weighted by Crippen LogP contribution is -2.11. The third kappa shape index (κ3) is 4.36. The molecule has 1 heterocycles. The minimum absolute atomic E-state index is 0.250. The molecule has 7 nitrogen and oxygen atoms in total. The van der Waals surface area contributed by atoms with Crippen LogP contribution in [0.3, 0.4) is 0 Å². The topological polar surface area (TPSA) is 99.2 Å². The Hall–Kier alpha value is -4.39. The first-order valence-electron chi connectivity index (χ1n) is 9.18. The average Bonchev–Trinajstić information content (AvgIpc) is 3.24. The minimum Gasteiger partial charge on any atom is -0.457 e. The molecule has 0 aliphatic rings. The predicted molar refractivity (Wildman–Crippen MR) is 113 cm³/mol. The molecule has 0 saturated heterocycles. The van der Waals surface area contributed by atoms with Crippen molar-refractivity contribution in [3.8, 4) is 17.2 Å². The van der Waals surface area contributed by atoms with Gasteiger partial charge in [-0.05, 0) is 60.7 Å². The van der Waals surface area contributed by atoms with Crippen LogP contribution < -0.4 is 15.8 Å². The number of nitrogens with one attached hydrogen (secondary N) is 1. The second-order valence-electron chi connectivity index (χ2n) is 6.48. The highest BCUT2D eigenvalue weighted by Gasteiger charge is 2.09. The van der Waals surface area contributed by atoms with Crippen LogP contribution in [-0.2, 0) is 0 Å². The summed E-state index contributed by atoms with van der Waals surface area (Å²) in [5.74, 6) is 0.381. The first-order valence-corrected chi connectivity index (χ1v) is 9.18. The van der Waals surface area contributed by atoms with Crippen LogP contribution in [0.5, 0.6) is 11.5 Å². The van der Waals surface area contributed by atoms with Crippen molar-refractivity contribution in [3.63, 3.8) is 0 Å². The van der Waals surface area contributed by atoms with E-state index in [-0.39, 0.29) is 5.91 Å². The summed E-state index contributed by atoms with van der Waals surface area (Å²) in [7, 11) is 0. The molecule has 148 valence electrons. The van der Waals surface area contributed by atoms with Gasteiger partial charge < -0.3 is 15.8 Å². The number of nitrogens with two attached hydrogens (primary N) is 1. The summed E-state index contributed by atoms with van der Waals surface area (Å²) >= 11 is 0. The Labute approximate surface area is 172 Å². The summed E-state index contributed by atoms with van der Waals surface area (Å²) in [4.78, 5) is 23.6. The molecule has 0 spiro atoms. The molecule has 0 fully saturated rings. The number of anilines is 1. The molecule has 0 bridgehead atoms. The number of hydrogen-bond donors (Lipinski definition) is 2. The van der Waals surface area contributed by atoms with E-state index in [0.717, 1.165) is 5.69 Å². The summed E-state index contributed by atoms with van der Waals surface area (Å²) in [5, 5.41) is 7.09. The van der Waals surface area contributed by atoms with E-state index in [1.165, 1.54) is 0 Å². The van der Waals surface area contributed by atoms with E-state index in [4.69, 9.17) is 10.5 Å². The number of rotatable bonds is 6. The second-order valence-corrected chi connectivity index (χ2v) is 6.48. The van der Waals surface area contributed by atoms with E-state index in [2.05, 4.69) is 10.4 Å².